The van der Waals surface area contributed by atoms with Gasteiger partial charge in [0, 0.05) is 11.3 Å². The van der Waals surface area contributed by atoms with E-state index in [2.05, 4.69) is 10.4 Å². The predicted octanol–water partition coefficient (Wildman–Crippen LogP) is 4.36. The highest BCUT2D eigenvalue weighted by molar-refractivity contribution is 7.12. The van der Waals surface area contributed by atoms with E-state index < -0.39 is 11.7 Å². The number of hydrogen-bond donors (Lipinski definition) is 1. The summed E-state index contributed by atoms with van der Waals surface area (Å²) in [5, 5.41) is 12.5. The van der Waals surface area contributed by atoms with Crippen molar-refractivity contribution in [3.05, 3.63) is 79.9 Å². The Bertz CT molecular complexity index is 1080. The van der Waals surface area contributed by atoms with Gasteiger partial charge in [-0.25, -0.2) is 9.40 Å². The van der Waals surface area contributed by atoms with Crippen LogP contribution in [0.15, 0.2) is 58.3 Å². The molecule has 1 N–H and O–H groups in total. The minimum Gasteiger partial charge on any atom is -0.343 e. The first kappa shape index (κ1) is 19.5. The minimum atomic E-state index is -0.623. The third-order valence-corrected chi connectivity index (χ3v) is 6.73. The number of amides is 2. The molecule has 0 unspecified atom stereocenters. The maximum Gasteiger partial charge on any atom is 0.262 e. The van der Waals surface area contributed by atoms with Gasteiger partial charge in [0.2, 0.25) is 0 Å². The highest BCUT2D eigenvalue weighted by Crippen LogP contribution is 2.37. The third kappa shape index (κ3) is 3.99. The lowest BCUT2D eigenvalue weighted by Crippen LogP contribution is -2.38. The Labute approximate surface area is 175 Å². The molecule has 3 aromatic rings. The van der Waals surface area contributed by atoms with Gasteiger partial charge in [-0.3, -0.25) is 9.59 Å². The highest BCUT2D eigenvalue weighted by Gasteiger charge is 2.35. The van der Waals surface area contributed by atoms with Crippen LogP contribution >= 0.6 is 22.7 Å². The molecular formula is C21H18FN3O2S2. The van der Waals surface area contributed by atoms with Crippen LogP contribution in [0.4, 0.5) is 4.39 Å². The second kappa shape index (κ2) is 8.26. The zero-order chi connectivity index (χ0) is 20.4. The highest BCUT2D eigenvalue weighted by atomic mass is 32.1. The van der Waals surface area contributed by atoms with Crippen LogP contribution in [0.25, 0.3) is 0 Å². The summed E-state index contributed by atoms with van der Waals surface area (Å²) in [5.41, 5.74) is 1.87. The van der Waals surface area contributed by atoms with E-state index in [1.807, 2.05) is 35.9 Å². The molecule has 29 heavy (non-hydrogen) atoms. The van der Waals surface area contributed by atoms with Crippen LogP contribution in [0.1, 0.15) is 38.1 Å². The van der Waals surface area contributed by atoms with Crippen molar-refractivity contribution in [3.8, 4) is 0 Å². The molecular weight excluding hydrogens is 409 g/mol. The third-order valence-electron chi connectivity index (χ3n) is 4.69. The Morgan fingerprint density at radius 1 is 1.17 bits per heavy atom. The number of rotatable bonds is 5. The maximum absolute atomic E-state index is 13.8. The van der Waals surface area contributed by atoms with Crippen molar-refractivity contribution in [2.45, 2.75) is 19.4 Å². The number of hydrogen-bond acceptors (Lipinski definition) is 5. The largest absolute Gasteiger partial charge is 0.343 e. The Kier molecular flexibility index (Phi) is 5.55. The molecule has 2 aromatic heterocycles. The van der Waals surface area contributed by atoms with Gasteiger partial charge in [0.15, 0.2) is 0 Å². The fourth-order valence-corrected chi connectivity index (χ4v) is 4.97. The molecule has 0 saturated heterocycles. The number of thiophene rings is 2. The van der Waals surface area contributed by atoms with Crippen molar-refractivity contribution in [3.63, 3.8) is 0 Å². The molecule has 4 rings (SSSR count). The first-order chi connectivity index (χ1) is 14.0. The number of benzene rings is 1. The molecule has 0 bridgehead atoms. The standard InChI is InChI=1S/C21H18FN3O2S2/c1-13-8-10-29-20(13)17-11-16(18-7-4-9-28-18)24-25(17)19(26)12-23-21(27)14-5-2-3-6-15(14)22/h2-10,17H,11-12H2,1H3,(H,23,27)/t17-/m1/s1. The average molecular weight is 428 g/mol. The van der Waals surface area contributed by atoms with Gasteiger partial charge >= 0.3 is 0 Å². The summed E-state index contributed by atoms with van der Waals surface area (Å²) in [5.74, 6) is -1.58. The van der Waals surface area contributed by atoms with Crippen molar-refractivity contribution in [2.24, 2.45) is 5.10 Å². The van der Waals surface area contributed by atoms with E-state index in [9.17, 15) is 14.0 Å². The summed E-state index contributed by atoms with van der Waals surface area (Å²) in [4.78, 5) is 27.3. The van der Waals surface area contributed by atoms with Gasteiger partial charge in [0.1, 0.15) is 5.82 Å². The summed E-state index contributed by atoms with van der Waals surface area (Å²) in [6.45, 7) is 1.76. The van der Waals surface area contributed by atoms with Crippen LogP contribution in [-0.4, -0.2) is 29.1 Å². The molecule has 0 radical (unpaired) electrons. The lowest BCUT2D eigenvalue weighted by Gasteiger charge is -2.21. The fourth-order valence-electron chi connectivity index (χ4n) is 3.24. The van der Waals surface area contributed by atoms with Crippen LogP contribution in [-0.2, 0) is 4.79 Å². The van der Waals surface area contributed by atoms with Gasteiger partial charge in [0.25, 0.3) is 11.8 Å². The summed E-state index contributed by atoms with van der Waals surface area (Å²) in [6, 6.07) is 11.4. The van der Waals surface area contributed by atoms with Crippen LogP contribution in [0.3, 0.4) is 0 Å². The fraction of sp³-hybridized carbons (Fsp3) is 0.190. The van der Waals surface area contributed by atoms with E-state index in [1.54, 1.807) is 28.7 Å². The van der Waals surface area contributed by atoms with E-state index in [4.69, 9.17) is 0 Å². The van der Waals surface area contributed by atoms with Gasteiger partial charge in [-0.15, -0.1) is 22.7 Å². The Morgan fingerprint density at radius 2 is 2.00 bits per heavy atom. The number of carbonyl (C=O) groups excluding carboxylic acids is 2. The monoisotopic (exact) mass is 427 g/mol. The molecule has 3 heterocycles. The molecule has 1 aliphatic rings. The predicted molar refractivity (Wildman–Crippen MR) is 113 cm³/mol. The minimum absolute atomic E-state index is 0.0878. The molecule has 0 aliphatic carbocycles. The number of hydrazone groups is 1. The quantitative estimate of drug-likeness (QED) is 0.657. The summed E-state index contributed by atoms with van der Waals surface area (Å²) in [7, 11) is 0. The number of halogens is 1. The van der Waals surface area contributed by atoms with Gasteiger partial charge in [-0.1, -0.05) is 18.2 Å². The Morgan fingerprint density at radius 3 is 2.69 bits per heavy atom. The molecule has 1 aliphatic heterocycles. The summed E-state index contributed by atoms with van der Waals surface area (Å²) < 4.78 is 13.8. The molecule has 0 saturated carbocycles. The number of nitrogens with zero attached hydrogens (tertiary/aromatic N) is 2. The first-order valence-electron chi connectivity index (χ1n) is 9.04. The molecule has 1 aromatic carbocycles. The Hall–Kier alpha value is -2.84. The molecule has 2 amide bonds. The second-order valence-corrected chi connectivity index (χ2v) is 8.51. The van der Waals surface area contributed by atoms with Gasteiger partial charge in [-0.2, -0.15) is 5.10 Å². The van der Waals surface area contributed by atoms with Crippen molar-refractivity contribution in [1.82, 2.24) is 10.3 Å². The van der Waals surface area contributed by atoms with Crippen LogP contribution < -0.4 is 5.32 Å². The maximum atomic E-state index is 13.8. The topological polar surface area (TPSA) is 61.8 Å². The molecule has 5 nitrogen and oxygen atoms in total. The first-order valence-corrected chi connectivity index (χ1v) is 10.8. The lowest BCUT2D eigenvalue weighted by molar-refractivity contribution is -0.131. The zero-order valence-corrected chi connectivity index (χ0v) is 17.2. The van der Waals surface area contributed by atoms with Crippen LogP contribution in [0, 0.1) is 12.7 Å². The van der Waals surface area contributed by atoms with Crippen molar-refractivity contribution < 1.29 is 14.0 Å². The van der Waals surface area contributed by atoms with E-state index >= 15 is 0 Å². The second-order valence-electron chi connectivity index (χ2n) is 6.61. The van der Waals surface area contributed by atoms with E-state index in [1.165, 1.54) is 23.2 Å². The van der Waals surface area contributed by atoms with E-state index in [0.717, 1.165) is 21.0 Å². The molecule has 148 valence electrons. The van der Waals surface area contributed by atoms with Gasteiger partial charge < -0.3 is 5.32 Å². The Balaban J connectivity index is 1.53. The molecule has 0 fully saturated rings. The van der Waals surface area contributed by atoms with Gasteiger partial charge in [0.05, 0.1) is 28.7 Å². The normalized spacial score (nSPS) is 16.0. The SMILES string of the molecule is Cc1ccsc1[C@H]1CC(c2cccs2)=NN1C(=O)CNC(=O)c1ccccc1F. The molecule has 8 heteroatoms. The molecule has 1 atom stereocenters. The lowest BCUT2D eigenvalue weighted by atomic mass is 10.1. The molecule has 0 spiro atoms. The van der Waals surface area contributed by atoms with Crippen LogP contribution in [0.2, 0.25) is 0 Å². The van der Waals surface area contributed by atoms with E-state index in [0.29, 0.717) is 6.42 Å². The number of nitrogens with one attached hydrogen (secondary N) is 1. The van der Waals surface area contributed by atoms with Crippen molar-refractivity contribution in [2.75, 3.05) is 6.54 Å². The number of aryl methyl sites for hydroxylation is 1. The van der Waals surface area contributed by atoms with Gasteiger partial charge in [-0.05, 0) is 47.5 Å². The summed E-state index contributed by atoms with van der Waals surface area (Å²) >= 11 is 3.17. The zero-order valence-electron chi connectivity index (χ0n) is 15.6. The van der Waals surface area contributed by atoms with E-state index in [-0.39, 0.29) is 24.1 Å². The van der Waals surface area contributed by atoms with Crippen molar-refractivity contribution in [1.29, 1.82) is 0 Å². The summed E-state index contributed by atoms with van der Waals surface area (Å²) in [6.07, 6.45) is 0.620. The van der Waals surface area contributed by atoms with Crippen LogP contribution in [0.5, 0.6) is 0 Å². The average Bonchev–Trinajstić information content (AvgIpc) is 3.46. The number of carbonyl (C=O) groups is 2. The van der Waals surface area contributed by atoms with Crippen molar-refractivity contribution >= 4 is 40.2 Å². The smallest absolute Gasteiger partial charge is 0.262 e.